The molecule has 0 radical (unpaired) electrons. The highest BCUT2D eigenvalue weighted by Gasteiger charge is 2.23. The van der Waals surface area contributed by atoms with E-state index in [0.29, 0.717) is 21.5 Å². The molecule has 4 aromatic rings. The maximum atomic E-state index is 13.9. The average Bonchev–Trinajstić information content (AvgIpc) is 3.47. The SMILES string of the molecule is COC(=O)c1c(-c2ccccc2)csc1NC(=O)CSc1nnc(C(C)Oc2ccc(F)cc2F)n1C. The van der Waals surface area contributed by atoms with Crippen molar-refractivity contribution in [2.24, 2.45) is 7.05 Å². The van der Waals surface area contributed by atoms with Crippen LogP contribution < -0.4 is 10.1 Å². The Hall–Kier alpha value is -3.77. The zero-order valence-electron chi connectivity index (χ0n) is 20.0. The molecule has 0 aliphatic rings. The van der Waals surface area contributed by atoms with Crippen molar-refractivity contribution in [2.75, 3.05) is 18.2 Å². The molecule has 4 rings (SSSR count). The van der Waals surface area contributed by atoms with Crippen molar-refractivity contribution in [2.45, 2.75) is 18.2 Å². The van der Waals surface area contributed by atoms with Crippen LogP contribution in [0.4, 0.5) is 13.8 Å². The van der Waals surface area contributed by atoms with Gasteiger partial charge in [-0.2, -0.15) is 0 Å². The zero-order valence-corrected chi connectivity index (χ0v) is 21.7. The van der Waals surface area contributed by atoms with Crippen molar-refractivity contribution >= 4 is 40.0 Å². The van der Waals surface area contributed by atoms with Crippen molar-refractivity contribution in [1.82, 2.24) is 14.8 Å². The van der Waals surface area contributed by atoms with Gasteiger partial charge in [-0.25, -0.2) is 13.6 Å². The number of aromatic nitrogens is 3. The van der Waals surface area contributed by atoms with E-state index in [9.17, 15) is 18.4 Å². The number of hydrogen-bond donors (Lipinski definition) is 1. The number of hydrogen-bond acceptors (Lipinski definition) is 8. The smallest absolute Gasteiger partial charge is 0.341 e. The van der Waals surface area contributed by atoms with Gasteiger partial charge in [-0.05, 0) is 24.6 Å². The molecule has 8 nitrogen and oxygen atoms in total. The highest BCUT2D eigenvalue weighted by Crippen LogP contribution is 2.36. The summed E-state index contributed by atoms with van der Waals surface area (Å²) in [7, 11) is 2.98. The van der Waals surface area contributed by atoms with E-state index in [1.54, 1.807) is 23.9 Å². The number of nitrogens with zero attached hydrogens (tertiary/aromatic N) is 3. The Morgan fingerprint density at radius 1 is 1.16 bits per heavy atom. The summed E-state index contributed by atoms with van der Waals surface area (Å²) in [4.78, 5) is 25.2. The first-order valence-corrected chi connectivity index (χ1v) is 12.8. The van der Waals surface area contributed by atoms with Crippen LogP contribution in [0.1, 0.15) is 29.2 Å². The van der Waals surface area contributed by atoms with E-state index in [2.05, 4.69) is 15.5 Å². The topological polar surface area (TPSA) is 95.3 Å². The quantitative estimate of drug-likeness (QED) is 0.220. The van der Waals surface area contributed by atoms with Gasteiger partial charge in [0.25, 0.3) is 0 Å². The molecule has 0 aliphatic carbocycles. The minimum absolute atomic E-state index is 0.00696. The highest BCUT2D eigenvalue weighted by molar-refractivity contribution is 7.99. The Morgan fingerprint density at radius 3 is 2.62 bits per heavy atom. The summed E-state index contributed by atoms with van der Waals surface area (Å²) in [6.45, 7) is 1.66. The van der Waals surface area contributed by atoms with Crippen LogP contribution in [-0.2, 0) is 16.6 Å². The molecule has 0 saturated carbocycles. The van der Waals surface area contributed by atoms with Crippen LogP contribution >= 0.6 is 23.1 Å². The molecule has 37 heavy (non-hydrogen) atoms. The van der Waals surface area contributed by atoms with E-state index >= 15 is 0 Å². The summed E-state index contributed by atoms with van der Waals surface area (Å²) >= 11 is 2.37. The average molecular weight is 545 g/mol. The van der Waals surface area contributed by atoms with Gasteiger partial charge in [0.2, 0.25) is 5.91 Å². The first kappa shape index (κ1) is 26.3. The number of esters is 1. The maximum Gasteiger partial charge on any atom is 0.341 e. The number of benzene rings is 2. The molecule has 12 heteroatoms. The number of halogens is 2. The van der Waals surface area contributed by atoms with Crippen molar-refractivity contribution in [3.8, 4) is 16.9 Å². The number of nitrogens with one attached hydrogen (secondary N) is 1. The normalized spacial score (nSPS) is 11.7. The van der Waals surface area contributed by atoms with Crippen molar-refractivity contribution in [1.29, 1.82) is 0 Å². The third-order valence-electron chi connectivity index (χ3n) is 5.28. The Morgan fingerprint density at radius 2 is 1.92 bits per heavy atom. The largest absolute Gasteiger partial charge is 0.480 e. The number of thioether (sulfide) groups is 1. The van der Waals surface area contributed by atoms with E-state index < -0.39 is 23.7 Å². The zero-order chi connectivity index (χ0) is 26.5. The van der Waals surface area contributed by atoms with Crippen LogP contribution in [0.2, 0.25) is 0 Å². The van der Waals surface area contributed by atoms with Crippen molar-refractivity contribution in [3.05, 3.63) is 76.9 Å². The molecule has 0 saturated heterocycles. The number of methoxy groups -OCH3 is 1. The molecule has 1 atom stereocenters. The molecule has 2 aromatic heterocycles. The number of thiophene rings is 1. The number of anilines is 1. The number of rotatable bonds is 9. The molecule has 2 heterocycles. The molecule has 0 aliphatic heterocycles. The van der Waals surface area contributed by atoms with Gasteiger partial charge in [-0.1, -0.05) is 42.1 Å². The Kier molecular flexibility index (Phi) is 8.19. The van der Waals surface area contributed by atoms with Crippen LogP contribution in [0.3, 0.4) is 0 Å². The fourth-order valence-corrected chi connectivity index (χ4v) is 5.19. The fourth-order valence-electron chi connectivity index (χ4n) is 3.50. The molecule has 2 aromatic carbocycles. The molecule has 0 fully saturated rings. The third-order valence-corrected chi connectivity index (χ3v) is 7.20. The third kappa shape index (κ3) is 5.97. The van der Waals surface area contributed by atoms with E-state index in [4.69, 9.17) is 9.47 Å². The van der Waals surface area contributed by atoms with Gasteiger partial charge in [0, 0.05) is 24.1 Å². The van der Waals surface area contributed by atoms with E-state index in [0.717, 1.165) is 29.5 Å². The molecule has 1 amide bonds. The van der Waals surface area contributed by atoms with Gasteiger partial charge in [-0.15, -0.1) is 21.5 Å². The molecular weight excluding hydrogens is 522 g/mol. The van der Waals surface area contributed by atoms with Gasteiger partial charge >= 0.3 is 5.97 Å². The Balaban J connectivity index is 1.42. The lowest BCUT2D eigenvalue weighted by atomic mass is 10.0. The van der Waals surface area contributed by atoms with E-state index in [1.165, 1.54) is 24.5 Å². The molecule has 1 unspecified atom stereocenters. The second-order valence-corrected chi connectivity index (χ2v) is 9.60. The molecule has 1 N–H and O–H groups in total. The predicted octanol–water partition coefficient (Wildman–Crippen LogP) is 5.48. The van der Waals surface area contributed by atoms with Crippen LogP contribution in [0.5, 0.6) is 5.75 Å². The number of carbonyl (C=O) groups is 2. The van der Waals surface area contributed by atoms with Crippen LogP contribution in [-0.4, -0.2) is 39.5 Å². The second kappa shape index (κ2) is 11.5. The van der Waals surface area contributed by atoms with Crippen LogP contribution in [0.15, 0.2) is 59.1 Å². The summed E-state index contributed by atoms with van der Waals surface area (Å²) in [5.74, 6) is -2.15. The minimum Gasteiger partial charge on any atom is -0.480 e. The van der Waals surface area contributed by atoms with Crippen LogP contribution in [0, 0.1) is 11.6 Å². The van der Waals surface area contributed by atoms with Gasteiger partial charge in [0.1, 0.15) is 16.4 Å². The first-order valence-electron chi connectivity index (χ1n) is 11.0. The van der Waals surface area contributed by atoms with Crippen molar-refractivity contribution in [3.63, 3.8) is 0 Å². The first-order chi connectivity index (χ1) is 17.8. The van der Waals surface area contributed by atoms with Crippen LogP contribution in [0.25, 0.3) is 11.1 Å². The lowest BCUT2D eigenvalue weighted by Crippen LogP contribution is -2.16. The predicted molar refractivity (Wildman–Crippen MR) is 137 cm³/mol. The lowest BCUT2D eigenvalue weighted by Gasteiger charge is -2.14. The van der Waals surface area contributed by atoms with Gasteiger partial charge in [0.15, 0.2) is 28.7 Å². The van der Waals surface area contributed by atoms with Crippen molar-refractivity contribution < 1.29 is 27.8 Å². The van der Waals surface area contributed by atoms with E-state index in [1.807, 2.05) is 30.3 Å². The summed E-state index contributed by atoms with van der Waals surface area (Å²) < 4.78 is 39.2. The molecular formula is C25H22F2N4O4S2. The van der Waals surface area contributed by atoms with Gasteiger partial charge in [0.05, 0.1) is 12.9 Å². The minimum atomic E-state index is -0.824. The Labute approximate surface area is 219 Å². The molecule has 0 bridgehead atoms. The van der Waals surface area contributed by atoms with E-state index in [-0.39, 0.29) is 23.0 Å². The molecule has 192 valence electrons. The van der Waals surface area contributed by atoms with Gasteiger partial charge < -0.3 is 19.4 Å². The standard InChI is InChI=1S/C25H22F2N4O4S2/c1-14(35-19-10-9-16(26)11-18(19)27)22-29-30-25(31(22)2)37-13-20(32)28-23-21(24(33)34-3)17(12-36-23)15-7-5-4-6-8-15/h4-12,14H,13H2,1-3H3,(H,28,32). The summed E-state index contributed by atoms with van der Waals surface area (Å²) in [6.07, 6.45) is -0.689. The fraction of sp³-hybridized carbons (Fsp3) is 0.200. The van der Waals surface area contributed by atoms with Gasteiger partial charge in [-0.3, -0.25) is 4.79 Å². The monoisotopic (exact) mass is 544 g/mol. The Bertz CT molecular complexity index is 1430. The molecule has 0 spiro atoms. The maximum absolute atomic E-state index is 13.9. The second-order valence-electron chi connectivity index (χ2n) is 7.78. The highest BCUT2D eigenvalue weighted by atomic mass is 32.2. The number of ether oxygens (including phenoxy) is 2. The summed E-state index contributed by atoms with van der Waals surface area (Å²) in [5, 5.41) is 13.6. The number of carbonyl (C=O) groups excluding carboxylic acids is 2. The summed E-state index contributed by atoms with van der Waals surface area (Å²) in [5.41, 5.74) is 1.79. The number of amides is 1. The lowest BCUT2D eigenvalue weighted by molar-refractivity contribution is -0.113. The summed E-state index contributed by atoms with van der Waals surface area (Å²) in [6, 6.07) is 12.4.